The highest BCUT2D eigenvalue weighted by atomic mass is 32.2. The quantitative estimate of drug-likeness (QED) is 0.172. The average molecular weight is 621 g/mol. The lowest BCUT2D eigenvalue weighted by molar-refractivity contribution is -0.147. The molecule has 5 rings (SSSR count). The summed E-state index contributed by atoms with van der Waals surface area (Å²) in [6.45, 7) is 0. The van der Waals surface area contributed by atoms with Crippen molar-refractivity contribution in [2.24, 2.45) is 0 Å². The number of halogens is 4. The van der Waals surface area contributed by atoms with Crippen molar-refractivity contribution in [1.82, 2.24) is 10.2 Å². The van der Waals surface area contributed by atoms with Crippen molar-refractivity contribution in [3.63, 3.8) is 0 Å². The maximum Gasteiger partial charge on any atom is 0.416 e. The largest absolute Gasteiger partial charge is 0.480 e. The van der Waals surface area contributed by atoms with Crippen molar-refractivity contribution in [3.05, 3.63) is 137 Å². The Kier molecular flexibility index (Phi) is 8.86. The fourth-order valence-electron chi connectivity index (χ4n) is 4.73. The van der Waals surface area contributed by atoms with Gasteiger partial charge in [-0.25, -0.2) is 9.18 Å². The van der Waals surface area contributed by atoms with Crippen molar-refractivity contribution in [2.45, 2.75) is 17.6 Å². The van der Waals surface area contributed by atoms with Crippen molar-refractivity contribution >= 4 is 35.6 Å². The van der Waals surface area contributed by atoms with Crippen LogP contribution in [0.5, 0.6) is 0 Å². The summed E-state index contributed by atoms with van der Waals surface area (Å²) in [5, 5.41) is 11.6. The Morgan fingerprint density at radius 2 is 1.52 bits per heavy atom. The Hall–Kier alpha value is -4.90. The summed E-state index contributed by atoms with van der Waals surface area (Å²) in [4.78, 5) is 40.7. The van der Waals surface area contributed by atoms with E-state index in [1.807, 2.05) is 30.3 Å². The molecule has 2 amide bonds. The average Bonchev–Trinajstić information content (AvgIpc) is 3.47. The highest BCUT2D eigenvalue weighted by Crippen LogP contribution is 2.42. The number of hydrogen-bond acceptors (Lipinski definition) is 4. The van der Waals surface area contributed by atoms with Crippen LogP contribution in [0.4, 0.5) is 17.6 Å². The van der Waals surface area contributed by atoms with Gasteiger partial charge in [0, 0.05) is 11.3 Å². The SMILES string of the molecule is O=C(N/C(=C/c1cccc(C(F)(F)F)c1)C(=O)N1C(c2ccc(F)cc2)SC[C@H]1C(=O)O)c1ccc(-c2ccccc2)cc1. The number of nitrogens with zero attached hydrogens (tertiary/aromatic N) is 1. The molecule has 44 heavy (non-hydrogen) atoms. The lowest BCUT2D eigenvalue weighted by Gasteiger charge is -2.29. The van der Waals surface area contributed by atoms with Gasteiger partial charge in [-0.1, -0.05) is 66.7 Å². The molecular formula is C33H24F4N2O4S. The van der Waals surface area contributed by atoms with Gasteiger partial charge in [-0.3, -0.25) is 9.59 Å². The van der Waals surface area contributed by atoms with Gasteiger partial charge in [-0.2, -0.15) is 13.2 Å². The number of carbonyl (C=O) groups is 3. The van der Waals surface area contributed by atoms with Gasteiger partial charge in [0.2, 0.25) is 0 Å². The number of carboxylic acid groups (broad SMARTS) is 1. The number of carboxylic acids is 1. The molecule has 0 saturated carbocycles. The van der Waals surface area contributed by atoms with Crippen molar-refractivity contribution in [1.29, 1.82) is 0 Å². The molecule has 0 spiro atoms. The van der Waals surface area contributed by atoms with Gasteiger partial charge in [-0.15, -0.1) is 11.8 Å². The number of carbonyl (C=O) groups excluding carboxylic acids is 2. The second-order valence-electron chi connectivity index (χ2n) is 9.88. The molecule has 0 bridgehead atoms. The zero-order valence-corrected chi connectivity index (χ0v) is 23.6. The van der Waals surface area contributed by atoms with Crippen LogP contribution in [0.25, 0.3) is 17.2 Å². The van der Waals surface area contributed by atoms with Crippen LogP contribution in [-0.4, -0.2) is 39.6 Å². The first-order valence-corrected chi connectivity index (χ1v) is 14.3. The van der Waals surface area contributed by atoms with E-state index in [2.05, 4.69) is 5.32 Å². The highest BCUT2D eigenvalue weighted by Gasteiger charge is 2.43. The number of alkyl halides is 3. The maximum atomic E-state index is 14.1. The molecule has 6 nitrogen and oxygen atoms in total. The summed E-state index contributed by atoms with van der Waals surface area (Å²) in [6, 6.07) is 23.9. The molecule has 1 aliphatic heterocycles. The van der Waals surface area contributed by atoms with Crippen LogP contribution in [0.3, 0.4) is 0 Å². The Balaban J connectivity index is 1.52. The van der Waals surface area contributed by atoms with Gasteiger partial charge in [-0.05, 0) is 64.7 Å². The number of nitrogens with one attached hydrogen (secondary N) is 1. The topological polar surface area (TPSA) is 86.7 Å². The van der Waals surface area contributed by atoms with E-state index in [4.69, 9.17) is 0 Å². The van der Waals surface area contributed by atoms with E-state index < -0.39 is 52.5 Å². The van der Waals surface area contributed by atoms with Crippen LogP contribution >= 0.6 is 11.8 Å². The lowest BCUT2D eigenvalue weighted by Crippen LogP contribution is -2.46. The smallest absolute Gasteiger partial charge is 0.416 e. The summed E-state index contributed by atoms with van der Waals surface area (Å²) in [7, 11) is 0. The fourth-order valence-corrected chi connectivity index (χ4v) is 6.15. The van der Waals surface area contributed by atoms with E-state index in [-0.39, 0.29) is 16.9 Å². The van der Waals surface area contributed by atoms with E-state index in [9.17, 15) is 37.1 Å². The molecule has 0 aromatic heterocycles. The molecule has 4 aromatic rings. The van der Waals surface area contributed by atoms with Gasteiger partial charge < -0.3 is 15.3 Å². The second-order valence-corrected chi connectivity index (χ2v) is 11.0. The molecular weight excluding hydrogens is 596 g/mol. The third-order valence-electron chi connectivity index (χ3n) is 6.93. The molecule has 0 aliphatic carbocycles. The van der Waals surface area contributed by atoms with Gasteiger partial charge >= 0.3 is 12.1 Å². The van der Waals surface area contributed by atoms with Crippen molar-refractivity contribution in [3.8, 4) is 11.1 Å². The highest BCUT2D eigenvalue weighted by molar-refractivity contribution is 7.99. The summed E-state index contributed by atoms with van der Waals surface area (Å²) < 4.78 is 54.0. The standard InChI is InChI=1S/C33H24F4N2O4S/c34-26-15-13-24(14-16-26)31-39(28(19-44-31)32(42)43)30(41)27(18-20-5-4-8-25(17-20)33(35,36)37)38-29(40)23-11-9-22(10-12-23)21-6-2-1-3-7-21/h1-18,28,31H,19H2,(H,38,40)(H,42,43)/b27-18+/t28-,31?/m0/s1. The minimum atomic E-state index is -4.66. The van der Waals surface area contributed by atoms with Crippen LogP contribution in [0.2, 0.25) is 0 Å². The van der Waals surface area contributed by atoms with Crippen molar-refractivity contribution in [2.75, 3.05) is 5.75 Å². The molecule has 11 heteroatoms. The van der Waals surface area contributed by atoms with Gasteiger partial charge in [0.1, 0.15) is 22.9 Å². The fraction of sp³-hybridized carbons (Fsp3) is 0.121. The first kappa shape index (κ1) is 30.6. The van der Waals surface area contributed by atoms with E-state index >= 15 is 0 Å². The summed E-state index contributed by atoms with van der Waals surface area (Å²) in [6.07, 6.45) is -3.58. The van der Waals surface area contributed by atoms with Crippen molar-refractivity contribution < 1.29 is 37.1 Å². The molecule has 4 aromatic carbocycles. The number of benzene rings is 4. The van der Waals surface area contributed by atoms with Crippen LogP contribution in [-0.2, 0) is 15.8 Å². The Bertz CT molecular complexity index is 1710. The zero-order chi connectivity index (χ0) is 31.4. The Morgan fingerprint density at radius 1 is 0.864 bits per heavy atom. The van der Waals surface area contributed by atoms with Crippen LogP contribution in [0, 0.1) is 5.82 Å². The minimum absolute atomic E-state index is 0.00511. The van der Waals surface area contributed by atoms with Gasteiger partial charge in [0.15, 0.2) is 0 Å². The molecule has 2 atom stereocenters. The van der Waals surface area contributed by atoms with E-state index in [1.165, 1.54) is 42.5 Å². The summed E-state index contributed by atoms with van der Waals surface area (Å²) >= 11 is 1.13. The van der Waals surface area contributed by atoms with E-state index in [0.717, 1.165) is 52.1 Å². The second kappa shape index (κ2) is 12.8. The Labute approximate surface area is 254 Å². The number of rotatable bonds is 7. The summed E-state index contributed by atoms with van der Waals surface area (Å²) in [5.74, 6) is -3.50. The molecule has 1 unspecified atom stereocenters. The minimum Gasteiger partial charge on any atom is -0.480 e. The van der Waals surface area contributed by atoms with Crippen LogP contribution in [0.1, 0.15) is 32.4 Å². The zero-order valence-electron chi connectivity index (χ0n) is 22.8. The molecule has 2 N–H and O–H groups in total. The lowest BCUT2D eigenvalue weighted by atomic mass is 10.0. The molecule has 0 radical (unpaired) electrons. The summed E-state index contributed by atoms with van der Waals surface area (Å²) in [5.41, 5.74) is 0.909. The van der Waals surface area contributed by atoms with Gasteiger partial charge in [0.05, 0.1) is 5.56 Å². The molecule has 1 heterocycles. The molecule has 224 valence electrons. The monoisotopic (exact) mass is 620 g/mol. The first-order valence-electron chi connectivity index (χ1n) is 13.3. The third kappa shape index (κ3) is 6.84. The maximum absolute atomic E-state index is 14.1. The van der Waals surface area contributed by atoms with E-state index in [0.29, 0.717) is 5.56 Å². The number of amides is 2. The number of hydrogen-bond donors (Lipinski definition) is 2. The molecule has 1 fully saturated rings. The predicted molar refractivity (Wildman–Crippen MR) is 159 cm³/mol. The normalized spacial score (nSPS) is 16.9. The Morgan fingerprint density at radius 3 is 2.16 bits per heavy atom. The third-order valence-corrected chi connectivity index (χ3v) is 8.26. The van der Waals surface area contributed by atoms with Crippen LogP contribution in [0.15, 0.2) is 109 Å². The first-order chi connectivity index (χ1) is 21.0. The molecule has 1 saturated heterocycles. The van der Waals surface area contributed by atoms with Gasteiger partial charge in [0.25, 0.3) is 11.8 Å². The predicted octanol–water partition coefficient (Wildman–Crippen LogP) is 7.01. The number of thioether (sulfide) groups is 1. The number of aliphatic carboxylic acids is 1. The van der Waals surface area contributed by atoms with Crippen LogP contribution < -0.4 is 5.32 Å². The van der Waals surface area contributed by atoms with E-state index in [1.54, 1.807) is 12.1 Å². The molecule has 1 aliphatic rings.